The minimum absolute atomic E-state index is 0.223. The van der Waals surface area contributed by atoms with E-state index in [1.54, 1.807) is 30.3 Å². The molecule has 7 nitrogen and oxygen atoms in total. The van der Waals surface area contributed by atoms with Gasteiger partial charge < -0.3 is 14.6 Å². The van der Waals surface area contributed by atoms with E-state index in [2.05, 4.69) is 10.3 Å². The van der Waals surface area contributed by atoms with Crippen LogP contribution in [0.5, 0.6) is 5.75 Å². The summed E-state index contributed by atoms with van der Waals surface area (Å²) in [6.45, 7) is -0.223. The van der Waals surface area contributed by atoms with Gasteiger partial charge >= 0.3 is 5.97 Å². The van der Waals surface area contributed by atoms with Crippen LogP contribution in [0.4, 0.5) is 9.52 Å². The number of amides is 1. The number of aromatic nitrogens is 1. The summed E-state index contributed by atoms with van der Waals surface area (Å²) in [5.41, 5.74) is 1.38. The number of benzene rings is 2. The van der Waals surface area contributed by atoms with Gasteiger partial charge in [-0.05, 0) is 35.9 Å². The molecule has 0 spiro atoms. The highest BCUT2D eigenvalue weighted by Crippen LogP contribution is 2.26. The molecular weight excluding hydrogens is 387 g/mol. The number of halogens is 1. The maximum absolute atomic E-state index is 13.2. The summed E-state index contributed by atoms with van der Waals surface area (Å²) in [6, 6.07) is 10.9. The molecule has 0 radical (unpaired) electrons. The summed E-state index contributed by atoms with van der Waals surface area (Å²) >= 11 is 1.18. The number of hydrogen-bond acceptors (Lipinski definition) is 6. The van der Waals surface area contributed by atoms with Gasteiger partial charge in [0.25, 0.3) is 5.91 Å². The van der Waals surface area contributed by atoms with E-state index in [1.807, 2.05) is 0 Å². The van der Waals surface area contributed by atoms with Gasteiger partial charge in [0.15, 0.2) is 17.8 Å². The first-order valence-electron chi connectivity index (χ1n) is 8.28. The number of carboxylic acids is 1. The van der Waals surface area contributed by atoms with Gasteiger partial charge in [-0.3, -0.25) is 10.1 Å². The van der Waals surface area contributed by atoms with E-state index in [0.29, 0.717) is 21.1 Å². The van der Waals surface area contributed by atoms with Gasteiger partial charge in [0, 0.05) is 13.5 Å². The molecule has 0 unspecified atom stereocenters. The summed E-state index contributed by atoms with van der Waals surface area (Å²) in [4.78, 5) is 27.2. The third-order valence-corrected chi connectivity index (χ3v) is 4.80. The van der Waals surface area contributed by atoms with Gasteiger partial charge in [-0.15, -0.1) is 0 Å². The standard InChI is InChI=1S/C19H17FN2O5S/c1-26-15(18(24)25)8-11-2-5-13(6-3-11)27-10-17(23)22-19-21-14-7-4-12(20)9-16(14)28-19/h2-7,9,15H,8,10H2,1H3,(H,24,25)(H,21,22,23)/t15-/m0/s1. The molecule has 1 amide bonds. The second-order valence-electron chi connectivity index (χ2n) is 5.88. The molecule has 0 fully saturated rings. The van der Waals surface area contributed by atoms with Gasteiger partial charge in [-0.1, -0.05) is 23.5 Å². The third-order valence-electron chi connectivity index (χ3n) is 3.87. The first kappa shape index (κ1) is 19.7. The molecule has 0 aliphatic heterocycles. The lowest BCUT2D eigenvalue weighted by Gasteiger charge is -2.11. The van der Waals surface area contributed by atoms with Gasteiger partial charge in [-0.25, -0.2) is 14.2 Å². The zero-order valence-electron chi connectivity index (χ0n) is 14.8. The quantitative estimate of drug-likeness (QED) is 0.599. The van der Waals surface area contributed by atoms with Crippen LogP contribution >= 0.6 is 11.3 Å². The molecule has 2 N–H and O–H groups in total. The minimum Gasteiger partial charge on any atom is -0.484 e. The number of fused-ring (bicyclic) bond motifs is 1. The van der Waals surface area contributed by atoms with E-state index in [0.717, 1.165) is 5.56 Å². The molecule has 28 heavy (non-hydrogen) atoms. The molecule has 0 saturated carbocycles. The van der Waals surface area contributed by atoms with Crippen molar-refractivity contribution in [3.05, 3.63) is 53.8 Å². The van der Waals surface area contributed by atoms with E-state index >= 15 is 0 Å². The van der Waals surface area contributed by atoms with Crippen molar-refractivity contribution in [1.82, 2.24) is 4.98 Å². The van der Waals surface area contributed by atoms with Crippen LogP contribution in [0.25, 0.3) is 10.2 Å². The minimum atomic E-state index is -1.03. The molecule has 9 heteroatoms. The van der Waals surface area contributed by atoms with Crippen LogP contribution < -0.4 is 10.1 Å². The van der Waals surface area contributed by atoms with Crippen LogP contribution in [0, 0.1) is 5.82 Å². The average Bonchev–Trinajstić information content (AvgIpc) is 3.06. The van der Waals surface area contributed by atoms with Crippen molar-refractivity contribution in [1.29, 1.82) is 0 Å². The number of carbonyl (C=O) groups is 2. The fourth-order valence-corrected chi connectivity index (χ4v) is 3.37. The number of nitrogens with one attached hydrogen (secondary N) is 1. The van der Waals surface area contributed by atoms with E-state index in [1.165, 1.54) is 30.6 Å². The number of thiazole rings is 1. The Balaban J connectivity index is 1.53. The molecule has 0 bridgehead atoms. The predicted molar refractivity (Wildman–Crippen MR) is 102 cm³/mol. The number of carbonyl (C=O) groups excluding carboxylic acids is 1. The topological polar surface area (TPSA) is 97.8 Å². The Kier molecular flexibility index (Phi) is 6.17. The molecule has 1 aromatic heterocycles. The zero-order valence-corrected chi connectivity index (χ0v) is 15.7. The number of carboxylic acid groups (broad SMARTS) is 1. The van der Waals surface area contributed by atoms with Gasteiger partial charge in [0.05, 0.1) is 10.2 Å². The van der Waals surface area contributed by atoms with E-state index in [4.69, 9.17) is 14.6 Å². The number of aliphatic carboxylic acids is 1. The van der Waals surface area contributed by atoms with Crippen molar-refractivity contribution >= 4 is 38.6 Å². The molecule has 0 aliphatic rings. The molecule has 2 aromatic carbocycles. The lowest BCUT2D eigenvalue weighted by molar-refractivity contribution is -0.148. The molecule has 3 rings (SSSR count). The summed E-state index contributed by atoms with van der Waals surface area (Å²) < 4.78 is 24.2. The number of anilines is 1. The predicted octanol–water partition coefficient (Wildman–Crippen LogP) is 3.10. The highest BCUT2D eigenvalue weighted by molar-refractivity contribution is 7.22. The van der Waals surface area contributed by atoms with Crippen molar-refractivity contribution in [3.8, 4) is 5.75 Å². The smallest absolute Gasteiger partial charge is 0.333 e. The van der Waals surface area contributed by atoms with Gasteiger partial charge in [0.1, 0.15) is 11.6 Å². The number of methoxy groups -OCH3 is 1. The number of ether oxygens (including phenoxy) is 2. The molecule has 3 aromatic rings. The Morgan fingerprint density at radius 3 is 2.68 bits per heavy atom. The van der Waals surface area contributed by atoms with Crippen molar-refractivity contribution in [2.45, 2.75) is 12.5 Å². The number of hydrogen-bond donors (Lipinski definition) is 2. The normalized spacial score (nSPS) is 11.9. The van der Waals surface area contributed by atoms with Crippen molar-refractivity contribution in [2.24, 2.45) is 0 Å². The highest BCUT2D eigenvalue weighted by atomic mass is 32.1. The monoisotopic (exact) mass is 404 g/mol. The SMILES string of the molecule is CO[C@@H](Cc1ccc(OCC(=O)Nc2nc3ccc(F)cc3s2)cc1)C(=O)O. The average molecular weight is 404 g/mol. The Labute approximate surface area is 163 Å². The van der Waals surface area contributed by atoms with E-state index in [9.17, 15) is 14.0 Å². The van der Waals surface area contributed by atoms with Crippen LogP contribution in [0.3, 0.4) is 0 Å². The second kappa shape index (κ2) is 8.77. The lowest BCUT2D eigenvalue weighted by atomic mass is 10.1. The van der Waals surface area contributed by atoms with Crippen molar-refractivity contribution in [3.63, 3.8) is 0 Å². The van der Waals surface area contributed by atoms with Crippen LogP contribution in [0.2, 0.25) is 0 Å². The fourth-order valence-electron chi connectivity index (χ4n) is 2.46. The maximum Gasteiger partial charge on any atom is 0.333 e. The zero-order chi connectivity index (χ0) is 20.1. The molecule has 146 valence electrons. The van der Waals surface area contributed by atoms with E-state index < -0.39 is 18.0 Å². The maximum atomic E-state index is 13.2. The summed E-state index contributed by atoms with van der Waals surface area (Å²) in [5.74, 6) is -1.32. The number of nitrogens with zero attached hydrogens (tertiary/aromatic N) is 1. The third kappa shape index (κ3) is 5.02. The van der Waals surface area contributed by atoms with Crippen LogP contribution in [-0.4, -0.2) is 41.8 Å². The Morgan fingerprint density at radius 2 is 2.00 bits per heavy atom. The van der Waals surface area contributed by atoms with Crippen LogP contribution in [0.15, 0.2) is 42.5 Å². The van der Waals surface area contributed by atoms with Crippen LogP contribution in [0.1, 0.15) is 5.56 Å². The fraction of sp³-hybridized carbons (Fsp3) is 0.211. The highest BCUT2D eigenvalue weighted by Gasteiger charge is 2.16. The lowest BCUT2D eigenvalue weighted by Crippen LogP contribution is -2.24. The Morgan fingerprint density at radius 1 is 1.25 bits per heavy atom. The van der Waals surface area contributed by atoms with Crippen LogP contribution in [-0.2, 0) is 20.7 Å². The Hall–Kier alpha value is -3.04. The van der Waals surface area contributed by atoms with Gasteiger partial charge in [-0.2, -0.15) is 0 Å². The first-order chi connectivity index (χ1) is 13.4. The molecule has 1 heterocycles. The first-order valence-corrected chi connectivity index (χ1v) is 9.09. The van der Waals surface area contributed by atoms with Crippen molar-refractivity contribution < 1.29 is 28.6 Å². The summed E-state index contributed by atoms with van der Waals surface area (Å²) in [6.07, 6.45) is -0.690. The summed E-state index contributed by atoms with van der Waals surface area (Å²) in [5, 5.41) is 12.0. The molecule has 0 saturated heterocycles. The van der Waals surface area contributed by atoms with E-state index in [-0.39, 0.29) is 18.8 Å². The van der Waals surface area contributed by atoms with Crippen molar-refractivity contribution in [2.75, 3.05) is 19.0 Å². The number of rotatable bonds is 8. The second-order valence-corrected chi connectivity index (χ2v) is 6.91. The molecule has 1 atom stereocenters. The largest absolute Gasteiger partial charge is 0.484 e. The molecular formula is C19H17FN2O5S. The van der Waals surface area contributed by atoms with Gasteiger partial charge in [0.2, 0.25) is 0 Å². The summed E-state index contributed by atoms with van der Waals surface area (Å²) in [7, 11) is 1.34. The molecule has 0 aliphatic carbocycles. The Bertz CT molecular complexity index is 990.